The Morgan fingerprint density at radius 2 is 2.38 bits per heavy atom. The monoisotopic (exact) mass is 284 g/mol. The summed E-state index contributed by atoms with van der Waals surface area (Å²) in [6, 6.07) is 3.62. The SMILES string of the molecule is CCOc1cc(C2=NCCN2)cc(Br)c1O. The molecule has 0 bridgehead atoms. The Bertz CT molecular complexity index is 432. The van der Waals surface area contributed by atoms with Crippen LogP contribution in [0.3, 0.4) is 0 Å². The van der Waals surface area contributed by atoms with Gasteiger partial charge in [0.15, 0.2) is 11.5 Å². The number of aromatic hydroxyl groups is 1. The first kappa shape index (κ1) is 11.3. The second kappa shape index (κ2) is 4.74. The van der Waals surface area contributed by atoms with Crippen molar-refractivity contribution >= 4 is 21.8 Å². The molecule has 4 nitrogen and oxygen atoms in total. The van der Waals surface area contributed by atoms with Gasteiger partial charge in [-0.25, -0.2) is 0 Å². The predicted molar refractivity (Wildman–Crippen MR) is 66.4 cm³/mol. The minimum absolute atomic E-state index is 0.129. The van der Waals surface area contributed by atoms with E-state index in [1.807, 2.05) is 13.0 Å². The Labute approximate surface area is 102 Å². The number of amidine groups is 1. The van der Waals surface area contributed by atoms with Crippen molar-refractivity contribution in [1.29, 1.82) is 0 Å². The number of hydrogen-bond acceptors (Lipinski definition) is 4. The second-order valence-electron chi connectivity index (χ2n) is 3.39. The van der Waals surface area contributed by atoms with Gasteiger partial charge in [0.1, 0.15) is 5.84 Å². The molecule has 16 heavy (non-hydrogen) atoms. The van der Waals surface area contributed by atoms with Crippen molar-refractivity contribution in [3.8, 4) is 11.5 Å². The molecule has 1 aliphatic heterocycles. The van der Waals surface area contributed by atoms with Gasteiger partial charge >= 0.3 is 0 Å². The summed E-state index contributed by atoms with van der Waals surface area (Å²) >= 11 is 3.30. The molecule has 2 N–H and O–H groups in total. The fraction of sp³-hybridized carbons (Fsp3) is 0.364. The maximum absolute atomic E-state index is 9.76. The summed E-state index contributed by atoms with van der Waals surface area (Å²) in [4.78, 5) is 4.33. The van der Waals surface area contributed by atoms with Gasteiger partial charge in [0.25, 0.3) is 0 Å². The highest BCUT2D eigenvalue weighted by molar-refractivity contribution is 9.10. The number of halogens is 1. The van der Waals surface area contributed by atoms with Gasteiger partial charge in [-0.2, -0.15) is 0 Å². The molecule has 5 heteroatoms. The van der Waals surface area contributed by atoms with Gasteiger partial charge in [-0.05, 0) is 35.0 Å². The van der Waals surface area contributed by atoms with E-state index in [0.29, 0.717) is 16.8 Å². The number of benzene rings is 1. The zero-order chi connectivity index (χ0) is 11.5. The van der Waals surface area contributed by atoms with Crippen molar-refractivity contribution in [1.82, 2.24) is 5.32 Å². The number of rotatable bonds is 3. The molecule has 2 rings (SSSR count). The van der Waals surface area contributed by atoms with Crippen LogP contribution < -0.4 is 10.1 Å². The fourth-order valence-electron chi connectivity index (χ4n) is 1.57. The van der Waals surface area contributed by atoms with E-state index in [4.69, 9.17) is 4.74 Å². The van der Waals surface area contributed by atoms with Crippen molar-refractivity contribution in [3.63, 3.8) is 0 Å². The largest absolute Gasteiger partial charge is 0.503 e. The molecule has 1 aromatic carbocycles. The molecule has 0 fully saturated rings. The molecule has 0 amide bonds. The lowest BCUT2D eigenvalue weighted by atomic mass is 10.2. The van der Waals surface area contributed by atoms with Crippen LogP contribution in [0.4, 0.5) is 0 Å². The Hall–Kier alpha value is -1.23. The van der Waals surface area contributed by atoms with Gasteiger partial charge in [-0.1, -0.05) is 0 Å². The van der Waals surface area contributed by atoms with Crippen molar-refractivity contribution < 1.29 is 9.84 Å². The van der Waals surface area contributed by atoms with Crippen molar-refractivity contribution in [3.05, 3.63) is 22.2 Å². The van der Waals surface area contributed by atoms with E-state index < -0.39 is 0 Å². The third-order valence-corrected chi connectivity index (χ3v) is 2.88. The first-order valence-electron chi connectivity index (χ1n) is 5.16. The van der Waals surface area contributed by atoms with Crippen LogP contribution in [0.2, 0.25) is 0 Å². The van der Waals surface area contributed by atoms with Gasteiger partial charge in [0.05, 0.1) is 17.6 Å². The summed E-state index contributed by atoms with van der Waals surface area (Å²) in [6.45, 7) is 4.05. The third kappa shape index (κ3) is 2.14. The molecule has 1 aromatic rings. The van der Waals surface area contributed by atoms with Crippen LogP contribution in [0.25, 0.3) is 0 Å². The number of ether oxygens (including phenoxy) is 1. The number of hydrogen-bond donors (Lipinski definition) is 2. The lowest BCUT2D eigenvalue weighted by molar-refractivity contribution is 0.317. The summed E-state index contributed by atoms with van der Waals surface area (Å²) < 4.78 is 5.97. The highest BCUT2D eigenvalue weighted by Crippen LogP contribution is 2.35. The maximum atomic E-state index is 9.76. The molecule has 0 saturated heterocycles. The van der Waals surface area contributed by atoms with Crippen LogP contribution >= 0.6 is 15.9 Å². The molecule has 0 unspecified atom stereocenters. The molecule has 86 valence electrons. The molecule has 0 saturated carbocycles. The number of nitrogens with zero attached hydrogens (tertiary/aromatic N) is 1. The Balaban J connectivity index is 2.39. The minimum atomic E-state index is 0.129. The van der Waals surface area contributed by atoms with Gasteiger partial charge < -0.3 is 15.2 Å². The van der Waals surface area contributed by atoms with E-state index in [0.717, 1.165) is 24.5 Å². The molecule has 1 heterocycles. The van der Waals surface area contributed by atoms with Crippen LogP contribution in [0.15, 0.2) is 21.6 Å². The molecule has 0 atom stereocenters. The normalized spacial score (nSPS) is 14.5. The van der Waals surface area contributed by atoms with Crippen LogP contribution in [-0.4, -0.2) is 30.6 Å². The number of aliphatic imine (C=N–C) groups is 1. The van der Waals surface area contributed by atoms with E-state index in [9.17, 15) is 5.11 Å². The minimum Gasteiger partial charge on any atom is -0.503 e. The van der Waals surface area contributed by atoms with E-state index in [1.54, 1.807) is 6.07 Å². The zero-order valence-corrected chi connectivity index (χ0v) is 10.5. The molecular formula is C11H13BrN2O2. The highest BCUT2D eigenvalue weighted by Gasteiger charge is 2.14. The summed E-state index contributed by atoms with van der Waals surface area (Å²) in [5.74, 6) is 1.45. The average molecular weight is 285 g/mol. The molecule has 0 aliphatic carbocycles. The van der Waals surface area contributed by atoms with E-state index in [-0.39, 0.29) is 5.75 Å². The van der Waals surface area contributed by atoms with E-state index in [1.165, 1.54) is 0 Å². The standard InChI is InChI=1S/C11H13BrN2O2/c1-2-16-9-6-7(5-8(12)10(9)15)11-13-3-4-14-11/h5-6,15H,2-4H2,1H3,(H,13,14). The Kier molecular flexibility index (Phi) is 3.33. The van der Waals surface area contributed by atoms with Crippen LogP contribution in [0.1, 0.15) is 12.5 Å². The number of nitrogens with one attached hydrogen (secondary N) is 1. The fourth-order valence-corrected chi connectivity index (χ4v) is 2.01. The molecule has 1 aliphatic rings. The summed E-state index contributed by atoms with van der Waals surface area (Å²) in [5, 5.41) is 12.9. The first-order chi connectivity index (χ1) is 7.72. The predicted octanol–water partition coefficient (Wildman–Crippen LogP) is 1.90. The lowest BCUT2D eigenvalue weighted by Gasteiger charge is -2.10. The third-order valence-electron chi connectivity index (χ3n) is 2.28. The van der Waals surface area contributed by atoms with Crippen LogP contribution in [0.5, 0.6) is 11.5 Å². The van der Waals surface area contributed by atoms with Gasteiger partial charge in [0, 0.05) is 12.1 Å². The van der Waals surface area contributed by atoms with Gasteiger partial charge in [-0.15, -0.1) is 0 Å². The van der Waals surface area contributed by atoms with Gasteiger partial charge in [-0.3, -0.25) is 4.99 Å². The van der Waals surface area contributed by atoms with Crippen molar-refractivity contribution in [2.75, 3.05) is 19.7 Å². The average Bonchev–Trinajstić information content (AvgIpc) is 2.78. The topological polar surface area (TPSA) is 53.8 Å². The van der Waals surface area contributed by atoms with E-state index >= 15 is 0 Å². The number of phenols is 1. The highest BCUT2D eigenvalue weighted by atomic mass is 79.9. The summed E-state index contributed by atoms with van der Waals surface area (Å²) in [5.41, 5.74) is 0.922. The van der Waals surface area contributed by atoms with Crippen molar-refractivity contribution in [2.24, 2.45) is 4.99 Å². The molecular weight excluding hydrogens is 272 g/mol. The Morgan fingerprint density at radius 3 is 3.00 bits per heavy atom. The molecule has 0 radical (unpaired) electrons. The van der Waals surface area contributed by atoms with E-state index in [2.05, 4.69) is 26.2 Å². The first-order valence-corrected chi connectivity index (χ1v) is 5.95. The maximum Gasteiger partial charge on any atom is 0.172 e. The van der Waals surface area contributed by atoms with Gasteiger partial charge in [0.2, 0.25) is 0 Å². The number of phenolic OH excluding ortho intramolecular Hbond substituents is 1. The second-order valence-corrected chi connectivity index (χ2v) is 4.25. The Morgan fingerprint density at radius 1 is 1.56 bits per heavy atom. The summed E-state index contributed by atoms with van der Waals surface area (Å²) in [7, 11) is 0. The smallest absolute Gasteiger partial charge is 0.172 e. The summed E-state index contributed by atoms with van der Waals surface area (Å²) in [6.07, 6.45) is 0. The lowest BCUT2D eigenvalue weighted by Crippen LogP contribution is -2.19. The van der Waals surface area contributed by atoms with Crippen LogP contribution in [-0.2, 0) is 0 Å². The quantitative estimate of drug-likeness (QED) is 0.892. The molecule has 0 spiro atoms. The molecule has 0 aromatic heterocycles. The zero-order valence-electron chi connectivity index (χ0n) is 8.96. The van der Waals surface area contributed by atoms with Crippen LogP contribution in [0, 0.1) is 0 Å². The van der Waals surface area contributed by atoms with Crippen molar-refractivity contribution in [2.45, 2.75) is 6.92 Å².